The van der Waals surface area contributed by atoms with Crippen molar-refractivity contribution in [2.45, 2.75) is 24.7 Å². The first-order valence-electron chi connectivity index (χ1n) is 9.56. The Bertz CT molecular complexity index is 1060. The van der Waals surface area contributed by atoms with Crippen LogP contribution in [0.4, 0.5) is 5.69 Å². The second-order valence-electron chi connectivity index (χ2n) is 7.42. The minimum absolute atomic E-state index is 0.0344. The zero-order chi connectivity index (χ0) is 21.5. The average molecular weight is 427 g/mol. The lowest BCUT2D eigenvalue weighted by Crippen LogP contribution is -2.47. The number of hydrogen-bond acceptors (Lipinski definition) is 4. The number of fused-ring (bicyclic) bond motifs is 2. The van der Waals surface area contributed by atoms with Gasteiger partial charge in [0.05, 0.1) is 6.42 Å². The molecule has 2 heterocycles. The van der Waals surface area contributed by atoms with Crippen LogP contribution >= 0.6 is 11.6 Å². The molecule has 1 N–H and O–H groups in total. The van der Waals surface area contributed by atoms with E-state index in [-0.39, 0.29) is 18.5 Å². The molecule has 154 valence electrons. The van der Waals surface area contributed by atoms with E-state index < -0.39 is 35.7 Å². The number of carboxylic acids is 1. The van der Waals surface area contributed by atoms with Gasteiger partial charge in [0.15, 0.2) is 5.41 Å². The number of hydrogen-bond donors (Lipinski definition) is 1. The third-order valence-corrected chi connectivity index (χ3v) is 5.80. The highest BCUT2D eigenvalue weighted by Crippen LogP contribution is 2.49. The van der Waals surface area contributed by atoms with E-state index in [4.69, 9.17) is 11.6 Å². The van der Waals surface area contributed by atoms with Crippen LogP contribution in [0.1, 0.15) is 24.8 Å². The van der Waals surface area contributed by atoms with Gasteiger partial charge in [-0.2, -0.15) is 0 Å². The van der Waals surface area contributed by atoms with Crippen molar-refractivity contribution < 1.29 is 24.3 Å². The molecule has 1 unspecified atom stereocenters. The van der Waals surface area contributed by atoms with Crippen molar-refractivity contribution >= 4 is 41.0 Å². The third kappa shape index (κ3) is 3.15. The molecule has 1 saturated heterocycles. The summed E-state index contributed by atoms with van der Waals surface area (Å²) >= 11 is 6.10. The number of nitrogens with zero attached hydrogens (tertiary/aromatic N) is 2. The highest BCUT2D eigenvalue weighted by molar-refractivity contribution is 6.32. The minimum Gasteiger partial charge on any atom is -0.480 e. The number of likely N-dealkylation sites (tertiary alicyclic amines) is 1. The van der Waals surface area contributed by atoms with E-state index in [9.17, 15) is 24.3 Å². The number of halogens is 1. The molecule has 8 heteroatoms. The predicted octanol–water partition coefficient (Wildman–Crippen LogP) is 2.60. The van der Waals surface area contributed by atoms with Crippen LogP contribution in [0.2, 0.25) is 5.02 Å². The number of anilines is 1. The average Bonchev–Trinajstić information content (AvgIpc) is 3.09. The summed E-state index contributed by atoms with van der Waals surface area (Å²) in [7, 11) is 0. The van der Waals surface area contributed by atoms with Gasteiger partial charge in [-0.15, -0.1) is 0 Å². The fourth-order valence-electron chi connectivity index (χ4n) is 4.19. The SMILES string of the molecule is O=C(O)CN1C(=O)C2(CC(=O)N(C/C=C/C3=CCCC=C3)C2=O)c2cc(Cl)ccc21. The molecule has 2 aliphatic heterocycles. The highest BCUT2D eigenvalue weighted by Gasteiger charge is 2.63. The van der Waals surface area contributed by atoms with Gasteiger partial charge in [-0.1, -0.05) is 42.0 Å². The van der Waals surface area contributed by atoms with E-state index in [1.165, 1.54) is 18.2 Å². The predicted molar refractivity (Wildman–Crippen MR) is 110 cm³/mol. The number of aliphatic carboxylic acids is 1. The smallest absolute Gasteiger partial charge is 0.323 e. The molecule has 1 atom stereocenters. The number of allylic oxidation sites excluding steroid dienone is 5. The van der Waals surface area contributed by atoms with Crippen molar-refractivity contribution in [3.63, 3.8) is 0 Å². The van der Waals surface area contributed by atoms with Gasteiger partial charge >= 0.3 is 5.97 Å². The molecule has 1 aromatic rings. The quantitative estimate of drug-likeness (QED) is 0.576. The summed E-state index contributed by atoms with van der Waals surface area (Å²) in [6.45, 7) is -0.566. The Morgan fingerprint density at radius 1 is 1.17 bits per heavy atom. The molecule has 1 aliphatic carbocycles. The van der Waals surface area contributed by atoms with Gasteiger partial charge in [-0.25, -0.2) is 0 Å². The van der Waals surface area contributed by atoms with Crippen molar-refractivity contribution in [2.75, 3.05) is 18.0 Å². The summed E-state index contributed by atoms with van der Waals surface area (Å²) in [4.78, 5) is 52.7. The summed E-state index contributed by atoms with van der Waals surface area (Å²) in [5.74, 6) is -3.04. The molecule has 30 heavy (non-hydrogen) atoms. The fourth-order valence-corrected chi connectivity index (χ4v) is 4.36. The summed E-state index contributed by atoms with van der Waals surface area (Å²) < 4.78 is 0. The largest absolute Gasteiger partial charge is 0.480 e. The van der Waals surface area contributed by atoms with Crippen LogP contribution in [0.15, 0.2) is 54.2 Å². The monoisotopic (exact) mass is 426 g/mol. The number of imide groups is 1. The van der Waals surface area contributed by atoms with Crippen LogP contribution < -0.4 is 4.90 Å². The summed E-state index contributed by atoms with van der Waals surface area (Å²) in [5.41, 5.74) is -0.187. The van der Waals surface area contributed by atoms with Crippen molar-refractivity contribution in [3.05, 3.63) is 64.7 Å². The molecule has 4 rings (SSSR count). The second kappa shape index (κ2) is 7.57. The number of carboxylic acid groups (broad SMARTS) is 1. The number of amides is 3. The lowest BCUT2D eigenvalue weighted by Gasteiger charge is -2.21. The second-order valence-corrected chi connectivity index (χ2v) is 7.86. The molecule has 1 spiro atoms. The van der Waals surface area contributed by atoms with E-state index in [0.717, 1.165) is 28.2 Å². The van der Waals surface area contributed by atoms with E-state index in [2.05, 4.69) is 12.2 Å². The zero-order valence-electron chi connectivity index (χ0n) is 16.0. The Morgan fingerprint density at radius 3 is 2.63 bits per heavy atom. The lowest BCUT2D eigenvalue weighted by molar-refractivity contribution is -0.142. The zero-order valence-corrected chi connectivity index (χ0v) is 16.8. The number of benzene rings is 1. The van der Waals surface area contributed by atoms with Gasteiger partial charge in [-0.05, 0) is 36.6 Å². The Labute approximate surface area is 177 Å². The Kier molecular flexibility index (Phi) is 5.07. The summed E-state index contributed by atoms with van der Waals surface area (Å²) in [6.07, 6.45) is 11.2. The maximum absolute atomic E-state index is 13.3. The molecule has 0 saturated carbocycles. The molecule has 1 fully saturated rings. The Morgan fingerprint density at radius 2 is 1.93 bits per heavy atom. The first-order valence-corrected chi connectivity index (χ1v) is 9.94. The van der Waals surface area contributed by atoms with Crippen LogP contribution in [0, 0.1) is 0 Å². The molecular weight excluding hydrogens is 408 g/mol. The number of carbonyl (C=O) groups is 4. The van der Waals surface area contributed by atoms with Crippen molar-refractivity contribution in [3.8, 4) is 0 Å². The van der Waals surface area contributed by atoms with Gasteiger partial charge in [0, 0.05) is 22.8 Å². The molecule has 0 bridgehead atoms. The molecule has 0 aromatic heterocycles. The van der Waals surface area contributed by atoms with Gasteiger partial charge in [0.25, 0.3) is 0 Å². The first-order chi connectivity index (χ1) is 14.3. The highest BCUT2D eigenvalue weighted by atomic mass is 35.5. The first kappa shape index (κ1) is 20.1. The summed E-state index contributed by atoms with van der Waals surface area (Å²) in [5, 5.41) is 9.51. The van der Waals surface area contributed by atoms with Crippen LogP contribution in [0.25, 0.3) is 0 Å². The molecular formula is C22H19ClN2O5. The van der Waals surface area contributed by atoms with E-state index in [0.29, 0.717) is 10.7 Å². The number of carbonyl (C=O) groups excluding carboxylic acids is 3. The van der Waals surface area contributed by atoms with E-state index in [1.54, 1.807) is 6.08 Å². The van der Waals surface area contributed by atoms with Gasteiger partial charge in [0.2, 0.25) is 17.7 Å². The van der Waals surface area contributed by atoms with Crippen molar-refractivity contribution in [1.29, 1.82) is 0 Å². The maximum Gasteiger partial charge on any atom is 0.323 e. The van der Waals surface area contributed by atoms with Crippen molar-refractivity contribution in [2.24, 2.45) is 0 Å². The van der Waals surface area contributed by atoms with Gasteiger partial charge < -0.3 is 5.11 Å². The van der Waals surface area contributed by atoms with E-state index in [1.807, 2.05) is 12.2 Å². The molecule has 1 aromatic carbocycles. The van der Waals surface area contributed by atoms with E-state index >= 15 is 0 Å². The van der Waals surface area contributed by atoms with Crippen molar-refractivity contribution in [1.82, 2.24) is 4.90 Å². The maximum atomic E-state index is 13.3. The Hall–Kier alpha value is -3.19. The van der Waals surface area contributed by atoms with Gasteiger partial charge in [-0.3, -0.25) is 29.0 Å². The van der Waals surface area contributed by atoms with Crippen LogP contribution in [0.3, 0.4) is 0 Å². The van der Waals surface area contributed by atoms with Crippen LogP contribution in [-0.2, 0) is 24.6 Å². The molecule has 3 aliphatic rings. The van der Waals surface area contributed by atoms with Crippen LogP contribution in [0.5, 0.6) is 0 Å². The topological polar surface area (TPSA) is 95.0 Å². The molecule has 3 amide bonds. The lowest BCUT2D eigenvalue weighted by atomic mass is 9.80. The number of rotatable bonds is 5. The summed E-state index contributed by atoms with van der Waals surface area (Å²) in [6, 6.07) is 4.50. The molecule has 0 radical (unpaired) electrons. The normalized spacial score (nSPS) is 23.1. The fraction of sp³-hybridized carbons (Fsp3) is 0.273. The molecule has 7 nitrogen and oxygen atoms in total. The van der Waals surface area contributed by atoms with Crippen LogP contribution in [-0.4, -0.2) is 46.8 Å². The standard InChI is InChI=1S/C22H19ClN2O5/c23-15-8-9-17-16(11-15)22(21(30)25(17)13-19(27)28)12-18(26)24(20(22)29)10-4-7-14-5-2-1-3-6-14/h2,4-9,11H,1,3,10,12-13H2,(H,27,28)/b7-4+. The third-order valence-electron chi connectivity index (χ3n) is 5.56. The Balaban J connectivity index is 1.67. The van der Waals surface area contributed by atoms with Gasteiger partial charge in [0.1, 0.15) is 6.54 Å². The minimum atomic E-state index is -1.76.